The van der Waals surface area contributed by atoms with Crippen LogP contribution in [0, 0.1) is 6.92 Å². The van der Waals surface area contributed by atoms with E-state index in [1.54, 1.807) is 13.8 Å². The predicted octanol–water partition coefficient (Wildman–Crippen LogP) is 0.0936. The molecule has 0 aliphatic carbocycles. The Morgan fingerprint density at radius 2 is 2.54 bits per heavy atom. The second-order valence-corrected chi connectivity index (χ2v) is 2.84. The maximum absolute atomic E-state index is 11.2. The number of hydrogen-bond acceptors (Lipinski definition) is 4. The Labute approximate surface area is 75.8 Å². The Balaban J connectivity index is 2.49. The lowest BCUT2D eigenvalue weighted by Gasteiger charge is -2.03. The fraction of sp³-hybridized carbons (Fsp3) is 0.500. The van der Waals surface area contributed by atoms with Gasteiger partial charge in [-0.15, -0.1) is 0 Å². The van der Waals surface area contributed by atoms with Crippen LogP contribution in [0.3, 0.4) is 0 Å². The Morgan fingerprint density at radius 3 is 3.00 bits per heavy atom. The van der Waals surface area contributed by atoms with Gasteiger partial charge in [-0.2, -0.15) is 0 Å². The van der Waals surface area contributed by atoms with E-state index in [1.165, 1.54) is 6.20 Å². The Hall–Kier alpha value is -1.36. The summed E-state index contributed by atoms with van der Waals surface area (Å²) in [7, 11) is 0. The molecule has 1 aromatic rings. The van der Waals surface area contributed by atoms with Gasteiger partial charge in [0, 0.05) is 6.54 Å². The first-order valence-corrected chi connectivity index (χ1v) is 3.98. The van der Waals surface area contributed by atoms with E-state index >= 15 is 0 Å². The smallest absolute Gasteiger partial charge is 0.307 e. The summed E-state index contributed by atoms with van der Waals surface area (Å²) < 4.78 is 4.97. The average molecular weight is 184 g/mol. The zero-order valence-corrected chi connectivity index (χ0v) is 7.57. The molecule has 1 aromatic heterocycles. The number of amides is 1. The summed E-state index contributed by atoms with van der Waals surface area (Å²) >= 11 is 0. The highest BCUT2D eigenvalue weighted by Crippen LogP contribution is 2.00. The van der Waals surface area contributed by atoms with Crippen LogP contribution >= 0.6 is 0 Å². The van der Waals surface area contributed by atoms with Crippen molar-refractivity contribution in [1.82, 2.24) is 10.3 Å². The molecule has 0 fully saturated rings. The Morgan fingerprint density at radius 1 is 1.85 bits per heavy atom. The second kappa shape index (κ2) is 4.04. The molecule has 0 spiro atoms. The number of aromatic nitrogens is 1. The minimum absolute atomic E-state index is 0.0261. The van der Waals surface area contributed by atoms with Crippen LogP contribution in [-0.4, -0.2) is 28.6 Å². The Kier molecular flexibility index (Phi) is 3.02. The maximum atomic E-state index is 11.2. The van der Waals surface area contributed by atoms with Crippen LogP contribution in [0.15, 0.2) is 10.6 Å². The van der Waals surface area contributed by atoms with Gasteiger partial charge in [0.2, 0.25) is 0 Å². The van der Waals surface area contributed by atoms with Gasteiger partial charge >= 0.3 is 5.91 Å². The molecule has 5 heteroatoms. The van der Waals surface area contributed by atoms with Crippen LogP contribution < -0.4 is 5.32 Å². The van der Waals surface area contributed by atoms with Gasteiger partial charge in [0.05, 0.1) is 12.3 Å². The molecule has 0 aromatic carbocycles. The largest absolute Gasteiger partial charge is 0.438 e. The zero-order valence-electron chi connectivity index (χ0n) is 7.57. The van der Waals surface area contributed by atoms with Crippen molar-refractivity contribution in [3.05, 3.63) is 17.8 Å². The van der Waals surface area contributed by atoms with Crippen LogP contribution in [-0.2, 0) is 0 Å². The second-order valence-electron chi connectivity index (χ2n) is 2.84. The van der Waals surface area contributed by atoms with Crippen LogP contribution in [0.5, 0.6) is 0 Å². The van der Waals surface area contributed by atoms with Crippen molar-refractivity contribution in [3.8, 4) is 0 Å². The topological polar surface area (TPSA) is 75.4 Å². The molecule has 72 valence electrons. The number of aliphatic hydroxyl groups excluding tert-OH is 1. The molecule has 2 N–H and O–H groups in total. The summed E-state index contributed by atoms with van der Waals surface area (Å²) in [4.78, 5) is 14.9. The molecule has 1 rings (SSSR count). The van der Waals surface area contributed by atoms with Gasteiger partial charge in [-0.1, -0.05) is 0 Å². The van der Waals surface area contributed by atoms with Crippen molar-refractivity contribution >= 4 is 5.91 Å². The molecule has 13 heavy (non-hydrogen) atoms. The molecule has 0 aliphatic heterocycles. The van der Waals surface area contributed by atoms with Gasteiger partial charge in [-0.3, -0.25) is 4.79 Å². The average Bonchev–Trinajstić information content (AvgIpc) is 2.47. The highest BCUT2D eigenvalue weighted by molar-refractivity contribution is 5.89. The van der Waals surface area contributed by atoms with Crippen molar-refractivity contribution < 1.29 is 14.3 Å². The van der Waals surface area contributed by atoms with Crippen LogP contribution in [0.1, 0.15) is 23.4 Å². The molecule has 0 saturated heterocycles. The third-order valence-electron chi connectivity index (χ3n) is 1.37. The quantitative estimate of drug-likeness (QED) is 0.698. The van der Waals surface area contributed by atoms with Crippen molar-refractivity contribution in [1.29, 1.82) is 0 Å². The standard InChI is InChI=1S/C8H12N2O3/c1-5(11)3-9-7(12)8-10-4-6(2)13-8/h4-5,11H,3H2,1-2H3,(H,9,12). The molecule has 1 unspecified atom stereocenters. The van der Waals surface area contributed by atoms with E-state index in [9.17, 15) is 4.79 Å². The summed E-state index contributed by atoms with van der Waals surface area (Å²) in [6.07, 6.45) is 0.900. The van der Waals surface area contributed by atoms with Gasteiger partial charge in [0.25, 0.3) is 5.89 Å². The minimum atomic E-state index is -0.569. The fourth-order valence-electron chi connectivity index (χ4n) is 0.776. The molecule has 5 nitrogen and oxygen atoms in total. The third-order valence-corrected chi connectivity index (χ3v) is 1.37. The zero-order chi connectivity index (χ0) is 9.84. The molecule has 1 atom stereocenters. The molecule has 1 amide bonds. The first kappa shape index (κ1) is 9.73. The van der Waals surface area contributed by atoms with Gasteiger partial charge in [-0.05, 0) is 13.8 Å². The maximum Gasteiger partial charge on any atom is 0.307 e. The lowest BCUT2D eigenvalue weighted by Crippen LogP contribution is -2.30. The van der Waals surface area contributed by atoms with E-state index in [-0.39, 0.29) is 12.4 Å². The SMILES string of the molecule is Cc1cnc(C(=O)NCC(C)O)o1. The number of carbonyl (C=O) groups is 1. The lowest BCUT2D eigenvalue weighted by atomic mass is 10.4. The number of aryl methyl sites for hydroxylation is 1. The molecule has 0 aliphatic rings. The van der Waals surface area contributed by atoms with Gasteiger partial charge < -0.3 is 14.8 Å². The monoisotopic (exact) mass is 184 g/mol. The number of oxazole rings is 1. The number of nitrogens with zero attached hydrogens (tertiary/aromatic N) is 1. The van der Waals surface area contributed by atoms with Gasteiger partial charge in [0.1, 0.15) is 5.76 Å². The van der Waals surface area contributed by atoms with E-state index in [2.05, 4.69) is 10.3 Å². The number of rotatable bonds is 3. The molecular weight excluding hydrogens is 172 g/mol. The van der Waals surface area contributed by atoms with Gasteiger partial charge in [-0.25, -0.2) is 4.98 Å². The highest BCUT2D eigenvalue weighted by atomic mass is 16.4. The van der Waals surface area contributed by atoms with Gasteiger partial charge in [0.15, 0.2) is 0 Å². The number of nitrogens with one attached hydrogen (secondary N) is 1. The molecular formula is C8H12N2O3. The number of aliphatic hydroxyl groups is 1. The van der Waals surface area contributed by atoms with Crippen LogP contribution in [0.2, 0.25) is 0 Å². The predicted molar refractivity (Wildman–Crippen MR) is 45.3 cm³/mol. The lowest BCUT2D eigenvalue weighted by molar-refractivity contribution is 0.0888. The summed E-state index contributed by atoms with van der Waals surface area (Å²) in [5, 5.41) is 11.4. The molecule has 0 bridgehead atoms. The fourth-order valence-corrected chi connectivity index (χ4v) is 0.776. The molecule has 0 saturated carbocycles. The number of carbonyl (C=O) groups excluding carboxylic acids is 1. The van der Waals surface area contributed by atoms with Crippen LogP contribution in [0.25, 0.3) is 0 Å². The van der Waals surface area contributed by atoms with E-state index in [1.807, 2.05) is 0 Å². The van der Waals surface area contributed by atoms with Crippen molar-refractivity contribution in [2.24, 2.45) is 0 Å². The first-order chi connectivity index (χ1) is 6.09. The summed E-state index contributed by atoms with van der Waals surface area (Å²) in [6, 6.07) is 0. The third kappa shape index (κ3) is 2.87. The van der Waals surface area contributed by atoms with E-state index in [0.717, 1.165) is 0 Å². The van der Waals surface area contributed by atoms with Crippen molar-refractivity contribution in [2.75, 3.05) is 6.54 Å². The summed E-state index contributed by atoms with van der Waals surface area (Å²) in [5.74, 6) is 0.203. The van der Waals surface area contributed by atoms with Crippen LogP contribution in [0.4, 0.5) is 0 Å². The van der Waals surface area contributed by atoms with Crippen molar-refractivity contribution in [2.45, 2.75) is 20.0 Å². The minimum Gasteiger partial charge on any atom is -0.438 e. The van der Waals surface area contributed by atoms with E-state index < -0.39 is 12.0 Å². The van der Waals surface area contributed by atoms with E-state index in [0.29, 0.717) is 5.76 Å². The summed E-state index contributed by atoms with van der Waals surface area (Å²) in [6.45, 7) is 3.49. The first-order valence-electron chi connectivity index (χ1n) is 3.98. The molecule has 0 radical (unpaired) electrons. The Bertz CT molecular complexity index is 293. The molecule has 1 heterocycles. The highest BCUT2D eigenvalue weighted by Gasteiger charge is 2.11. The normalized spacial score (nSPS) is 12.5. The number of hydrogen-bond donors (Lipinski definition) is 2. The summed E-state index contributed by atoms with van der Waals surface area (Å²) in [5.41, 5.74) is 0. The van der Waals surface area contributed by atoms with Crippen molar-refractivity contribution in [3.63, 3.8) is 0 Å². The van der Waals surface area contributed by atoms with E-state index in [4.69, 9.17) is 9.52 Å².